The number of amides is 1. The standard InChI is InChI=1S/C28H23F2NO8/c1-27(13-36-22-12-24-23(10-18(22)27)38-28(29,30)39-24)26(34)31-19-11-20(14-3-5-15(6-4-14)25(32)33)37-21-9-16(35-2)7-8-17(19)21/h3-10,12,19-20H,11,13H2,1-2H3,(H,31,34)(H,32,33)/t19-,20-,27+/m1/s1. The summed E-state index contributed by atoms with van der Waals surface area (Å²) in [6, 6.07) is 13.8. The monoisotopic (exact) mass is 539 g/mol. The molecule has 0 unspecified atom stereocenters. The number of benzene rings is 3. The third kappa shape index (κ3) is 4.23. The molecule has 6 rings (SSSR count). The third-order valence-corrected chi connectivity index (χ3v) is 7.27. The van der Waals surface area contributed by atoms with E-state index in [0.717, 1.165) is 11.1 Å². The van der Waals surface area contributed by atoms with Gasteiger partial charge in [0, 0.05) is 29.7 Å². The zero-order valence-corrected chi connectivity index (χ0v) is 20.8. The van der Waals surface area contributed by atoms with Gasteiger partial charge in [0.25, 0.3) is 0 Å². The van der Waals surface area contributed by atoms with Crippen molar-refractivity contribution in [2.45, 2.75) is 37.2 Å². The van der Waals surface area contributed by atoms with Crippen molar-refractivity contribution in [3.05, 3.63) is 76.9 Å². The summed E-state index contributed by atoms with van der Waals surface area (Å²) in [6.45, 7) is 1.66. The molecule has 39 heavy (non-hydrogen) atoms. The third-order valence-electron chi connectivity index (χ3n) is 7.27. The number of fused-ring (bicyclic) bond motifs is 3. The predicted molar refractivity (Wildman–Crippen MR) is 131 cm³/mol. The summed E-state index contributed by atoms with van der Waals surface area (Å²) >= 11 is 0. The molecule has 202 valence electrons. The highest BCUT2D eigenvalue weighted by Crippen LogP contribution is 2.50. The van der Waals surface area contributed by atoms with Crippen LogP contribution in [0.25, 0.3) is 0 Å². The Hall–Kier alpha value is -4.54. The Bertz CT molecular complexity index is 1490. The number of halogens is 2. The number of hydrogen-bond acceptors (Lipinski definition) is 7. The van der Waals surface area contributed by atoms with E-state index in [1.54, 1.807) is 31.2 Å². The summed E-state index contributed by atoms with van der Waals surface area (Å²) in [5, 5.41) is 12.3. The van der Waals surface area contributed by atoms with E-state index in [9.17, 15) is 23.5 Å². The molecule has 3 aromatic carbocycles. The molecule has 0 saturated heterocycles. The van der Waals surface area contributed by atoms with Gasteiger partial charge in [-0.1, -0.05) is 12.1 Å². The van der Waals surface area contributed by atoms with E-state index in [1.807, 2.05) is 6.07 Å². The van der Waals surface area contributed by atoms with E-state index in [4.69, 9.17) is 14.2 Å². The lowest BCUT2D eigenvalue weighted by atomic mass is 9.82. The lowest BCUT2D eigenvalue weighted by molar-refractivity contribution is -0.286. The number of nitrogens with one attached hydrogen (secondary N) is 1. The van der Waals surface area contributed by atoms with Crippen molar-refractivity contribution < 1.29 is 47.2 Å². The van der Waals surface area contributed by atoms with Crippen molar-refractivity contribution in [2.24, 2.45) is 0 Å². The van der Waals surface area contributed by atoms with Gasteiger partial charge in [-0.25, -0.2) is 4.79 Å². The highest BCUT2D eigenvalue weighted by atomic mass is 19.3. The Balaban J connectivity index is 1.30. The maximum atomic E-state index is 13.8. The predicted octanol–water partition coefficient (Wildman–Crippen LogP) is 4.75. The van der Waals surface area contributed by atoms with Gasteiger partial charge in [0.2, 0.25) is 5.91 Å². The van der Waals surface area contributed by atoms with Gasteiger partial charge in [-0.15, -0.1) is 8.78 Å². The zero-order valence-electron chi connectivity index (χ0n) is 20.8. The first-order chi connectivity index (χ1) is 18.6. The van der Waals surface area contributed by atoms with Crippen molar-refractivity contribution in [1.82, 2.24) is 5.32 Å². The van der Waals surface area contributed by atoms with Gasteiger partial charge < -0.3 is 34.1 Å². The number of rotatable bonds is 5. The number of carbonyl (C=O) groups excluding carboxylic acids is 1. The largest absolute Gasteiger partial charge is 0.586 e. The van der Waals surface area contributed by atoms with Crippen molar-refractivity contribution in [3.8, 4) is 28.7 Å². The molecule has 2 N–H and O–H groups in total. The molecule has 0 saturated carbocycles. The Morgan fingerprint density at radius 3 is 2.41 bits per heavy atom. The van der Waals surface area contributed by atoms with Gasteiger partial charge >= 0.3 is 12.3 Å². The molecule has 0 radical (unpaired) electrons. The van der Waals surface area contributed by atoms with Crippen LogP contribution in [-0.4, -0.2) is 37.0 Å². The quantitative estimate of drug-likeness (QED) is 0.478. The molecule has 3 aliphatic heterocycles. The van der Waals surface area contributed by atoms with Crippen LogP contribution in [0.2, 0.25) is 0 Å². The summed E-state index contributed by atoms with van der Waals surface area (Å²) in [5.41, 5.74) is 0.823. The van der Waals surface area contributed by atoms with Crippen LogP contribution in [0.4, 0.5) is 8.78 Å². The van der Waals surface area contributed by atoms with Crippen LogP contribution in [0, 0.1) is 0 Å². The fraction of sp³-hybridized carbons (Fsp3) is 0.286. The van der Waals surface area contributed by atoms with Crippen LogP contribution >= 0.6 is 0 Å². The molecule has 11 heteroatoms. The van der Waals surface area contributed by atoms with Gasteiger partial charge in [-0.2, -0.15) is 0 Å². The molecule has 0 bridgehead atoms. The minimum Gasteiger partial charge on any atom is -0.497 e. The van der Waals surface area contributed by atoms with Gasteiger partial charge in [-0.05, 0) is 42.8 Å². The van der Waals surface area contributed by atoms with Crippen molar-refractivity contribution >= 4 is 11.9 Å². The number of carboxylic acid groups (broad SMARTS) is 1. The second kappa shape index (κ2) is 8.75. The zero-order chi connectivity index (χ0) is 27.5. The molecule has 3 atom stereocenters. The maximum Gasteiger partial charge on any atom is 0.586 e. The van der Waals surface area contributed by atoms with Crippen LogP contribution in [0.15, 0.2) is 54.6 Å². The molecule has 3 aliphatic rings. The van der Waals surface area contributed by atoms with Gasteiger partial charge in [0.05, 0.1) is 18.7 Å². The van der Waals surface area contributed by atoms with E-state index in [1.165, 1.54) is 31.4 Å². The lowest BCUT2D eigenvalue weighted by Gasteiger charge is -2.35. The van der Waals surface area contributed by atoms with Crippen molar-refractivity contribution in [3.63, 3.8) is 0 Å². The molecule has 0 aromatic heterocycles. The smallest absolute Gasteiger partial charge is 0.497 e. The number of aromatic carboxylic acids is 1. The van der Waals surface area contributed by atoms with Crippen molar-refractivity contribution in [1.29, 1.82) is 0 Å². The average molecular weight is 539 g/mol. The topological polar surface area (TPSA) is 113 Å². The molecular weight excluding hydrogens is 516 g/mol. The Morgan fingerprint density at radius 1 is 1.00 bits per heavy atom. The second-order valence-electron chi connectivity index (χ2n) is 9.78. The number of carboxylic acids is 1. The first-order valence-electron chi connectivity index (χ1n) is 12.1. The van der Waals surface area contributed by atoms with E-state index >= 15 is 0 Å². The van der Waals surface area contributed by atoms with Crippen LogP contribution < -0.4 is 29.0 Å². The van der Waals surface area contributed by atoms with Crippen LogP contribution in [0.3, 0.4) is 0 Å². The molecule has 3 heterocycles. The lowest BCUT2D eigenvalue weighted by Crippen LogP contribution is -2.46. The minimum atomic E-state index is -3.79. The Morgan fingerprint density at radius 2 is 1.72 bits per heavy atom. The fourth-order valence-corrected chi connectivity index (χ4v) is 5.09. The number of methoxy groups -OCH3 is 1. The summed E-state index contributed by atoms with van der Waals surface area (Å²) in [6.07, 6.45) is -3.93. The number of ether oxygens (including phenoxy) is 5. The van der Waals surface area contributed by atoms with Crippen LogP contribution in [0.5, 0.6) is 28.7 Å². The normalized spacial score (nSPS) is 23.6. The summed E-state index contributed by atoms with van der Waals surface area (Å²) in [5.74, 6) is -0.397. The number of hydrogen-bond donors (Lipinski definition) is 2. The van der Waals surface area contributed by atoms with Gasteiger partial charge in [-0.3, -0.25) is 4.79 Å². The van der Waals surface area contributed by atoms with Crippen LogP contribution in [-0.2, 0) is 10.2 Å². The molecule has 0 aliphatic carbocycles. The number of carbonyl (C=O) groups is 2. The molecular formula is C28H23F2NO8. The first kappa shape index (κ1) is 24.8. The Labute approximate surface area is 221 Å². The second-order valence-corrected chi connectivity index (χ2v) is 9.78. The molecule has 0 spiro atoms. The molecule has 3 aromatic rings. The average Bonchev–Trinajstić information content (AvgIpc) is 3.41. The highest BCUT2D eigenvalue weighted by Gasteiger charge is 2.49. The maximum absolute atomic E-state index is 13.8. The van der Waals surface area contributed by atoms with E-state index < -0.39 is 29.8 Å². The van der Waals surface area contributed by atoms with Gasteiger partial charge in [0.1, 0.15) is 35.4 Å². The molecule has 0 fully saturated rings. The SMILES string of the molecule is COc1ccc2c(c1)O[C@@H](c1ccc(C(=O)O)cc1)C[C@H]2NC(=O)[C@@]1(C)COc2cc3c(cc21)OC(F)(F)O3. The number of alkyl halides is 2. The molecule has 1 amide bonds. The van der Waals surface area contributed by atoms with E-state index in [0.29, 0.717) is 23.5 Å². The first-order valence-corrected chi connectivity index (χ1v) is 12.1. The summed E-state index contributed by atoms with van der Waals surface area (Å²) in [4.78, 5) is 25.1. The highest BCUT2D eigenvalue weighted by molar-refractivity contribution is 5.90. The summed E-state index contributed by atoms with van der Waals surface area (Å²) < 4.78 is 53.6. The minimum absolute atomic E-state index is 0.00772. The van der Waals surface area contributed by atoms with Gasteiger partial charge in [0.15, 0.2) is 11.5 Å². The van der Waals surface area contributed by atoms with Crippen molar-refractivity contribution in [2.75, 3.05) is 13.7 Å². The fourth-order valence-electron chi connectivity index (χ4n) is 5.09. The summed E-state index contributed by atoms with van der Waals surface area (Å²) in [7, 11) is 1.53. The Kier molecular flexibility index (Phi) is 5.56. The van der Waals surface area contributed by atoms with E-state index in [-0.39, 0.29) is 35.3 Å². The van der Waals surface area contributed by atoms with E-state index in [2.05, 4.69) is 14.8 Å². The van der Waals surface area contributed by atoms with Crippen LogP contribution in [0.1, 0.15) is 52.5 Å². The molecule has 9 nitrogen and oxygen atoms in total.